The Morgan fingerprint density at radius 2 is 2.45 bits per heavy atom. The number of carbonyl (C=O) groups is 1. The van der Waals surface area contributed by atoms with Gasteiger partial charge in [-0.15, -0.1) is 0 Å². The highest BCUT2D eigenvalue weighted by Crippen LogP contribution is 2.00. The molecule has 0 aliphatic heterocycles. The summed E-state index contributed by atoms with van der Waals surface area (Å²) in [7, 11) is 0. The molecule has 0 amide bonds. The maximum absolute atomic E-state index is 10.4. The lowest BCUT2D eigenvalue weighted by molar-refractivity contribution is 0.111. The van der Waals surface area contributed by atoms with Crippen molar-refractivity contribution in [1.82, 2.24) is 9.78 Å². The first-order valence-corrected chi connectivity index (χ1v) is 3.71. The number of carbonyl (C=O) groups excluding carboxylic acids is 1. The largest absolute Gasteiger partial charge is 0.296 e. The third-order valence-electron chi connectivity index (χ3n) is 1.41. The number of aromatic nitrogens is 2. The van der Waals surface area contributed by atoms with E-state index in [0.717, 1.165) is 12.8 Å². The van der Waals surface area contributed by atoms with Crippen molar-refractivity contribution in [3.63, 3.8) is 0 Å². The van der Waals surface area contributed by atoms with Gasteiger partial charge in [0.25, 0.3) is 0 Å². The zero-order valence-electron chi connectivity index (χ0n) is 6.82. The van der Waals surface area contributed by atoms with Crippen LogP contribution in [0, 0.1) is 5.92 Å². The van der Waals surface area contributed by atoms with Gasteiger partial charge in [0.05, 0.1) is 0 Å². The summed E-state index contributed by atoms with van der Waals surface area (Å²) in [5.74, 6) is 0.522. The SMILES string of the molecule is CC(C)Cn1nccc1C=O. The Bertz CT molecular complexity index is 240. The van der Waals surface area contributed by atoms with Gasteiger partial charge in [-0.05, 0) is 12.0 Å². The summed E-state index contributed by atoms with van der Waals surface area (Å²) >= 11 is 0. The van der Waals surface area contributed by atoms with Crippen LogP contribution >= 0.6 is 0 Å². The molecule has 0 atom stereocenters. The number of rotatable bonds is 3. The molecule has 11 heavy (non-hydrogen) atoms. The molecule has 1 aromatic rings. The van der Waals surface area contributed by atoms with E-state index in [1.54, 1.807) is 16.9 Å². The predicted molar refractivity (Wildman–Crippen MR) is 42.5 cm³/mol. The number of hydrogen-bond donors (Lipinski definition) is 0. The first-order chi connectivity index (χ1) is 5.24. The standard InChI is InChI=1S/C8H12N2O/c1-7(2)5-10-8(6-11)3-4-9-10/h3-4,6-7H,5H2,1-2H3. The Morgan fingerprint density at radius 1 is 1.73 bits per heavy atom. The van der Waals surface area contributed by atoms with Gasteiger partial charge in [-0.1, -0.05) is 13.8 Å². The van der Waals surface area contributed by atoms with Gasteiger partial charge in [0, 0.05) is 12.7 Å². The molecule has 1 heterocycles. The number of hydrogen-bond acceptors (Lipinski definition) is 2. The Kier molecular flexibility index (Phi) is 2.41. The summed E-state index contributed by atoms with van der Waals surface area (Å²) in [6.07, 6.45) is 2.47. The summed E-state index contributed by atoms with van der Waals surface area (Å²) in [6, 6.07) is 1.72. The molecule has 0 spiro atoms. The molecule has 0 aliphatic carbocycles. The number of nitrogens with zero attached hydrogens (tertiary/aromatic N) is 2. The van der Waals surface area contributed by atoms with Gasteiger partial charge in [-0.3, -0.25) is 9.48 Å². The van der Waals surface area contributed by atoms with Crippen LogP contribution in [0.15, 0.2) is 12.3 Å². The van der Waals surface area contributed by atoms with Crippen LogP contribution in [0.1, 0.15) is 24.3 Å². The molecule has 60 valence electrons. The van der Waals surface area contributed by atoms with Crippen LogP contribution in [-0.4, -0.2) is 16.1 Å². The lowest BCUT2D eigenvalue weighted by atomic mass is 10.2. The van der Waals surface area contributed by atoms with Crippen molar-refractivity contribution in [2.75, 3.05) is 0 Å². The summed E-state index contributed by atoms with van der Waals surface area (Å²) < 4.78 is 1.72. The topological polar surface area (TPSA) is 34.9 Å². The highest BCUT2D eigenvalue weighted by Gasteiger charge is 2.01. The first kappa shape index (κ1) is 7.98. The van der Waals surface area contributed by atoms with Crippen molar-refractivity contribution in [2.24, 2.45) is 5.92 Å². The molecule has 1 aromatic heterocycles. The number of aldehydes is 1. The van der Waals surface area contributed by atoms with Gasteiger partial charge >= 0.3 is 0 Å². The highest BCUT2D eigenvalue weighted by atomic mass is 16.1. The summed E-state index contributed by atoms with van der Waals surface area (Å²) in [5.41, 5.74) is 0.652. The molecule has 0 saturated heterocycles. The van der Waals surface area contributed by atoms with Crippen molar-refractivity contribution < 1.29 is 4.79 Å². The average molecular weight is 152 g/mol. The van der Waals surface area contributed by atoms with Gasteiger partial charge in [-0.25, -0.2) is 0 Å². The second kappa shape index (κ2) is 3.32. The van der Waals surface area contributed by atoms with Gasteiger partial charge in [0.15, 0.2) is 6.29 Å². The molecule has 0 fully saturated rings. The van der Waals surface area contributed by atoms with Crippen LogP contribution in [0.2, 0.25) is 0 Å². The monoisotopic (exact) mass is 152 g/mol. The van der Waals surface area contributed by atoms with Crippen LogP contribution in [0.3, 0.4) is 0 Å². The minimum absolute atomic E-state index is 0.522. The molecule has 3 heteroatoms. The van der Waals surface area contributed by atoms with E-state index in [2.05, 4.69) is 18.9 Å². The second-order valence-corrected chi connectivity index (χ2v) is 2.95. The minimum atomic E-state index is 0.522. The molecular formula is C8H12N2O. The third-order valence-corrected chi connectivity index (χ3v) is 1.41. The first-order valence-electron chi connectivity index (χ1n) is 3.71. The molecular weight excluding hydrogens is 140 g/mol. The zero-order valence-corrected chi connectivity index (χ0v) is 6.82. The van der Waals surface area contributed by atoms with E-state index >= 15 is 0 Å². The van der Waals surface area contributed by atoms with E-state index in [0.29, 0.717) is 11.6 Å². The normalized spacial score (nSPS) is 10.5. The molecule has 3 nitrogen and oxygen atoms in total. The summed E-state index contributed by atoms with van der Waals surface area (Å²) in [5, 5.41) is 4.01. The van der Waals surface area contributed by atoms with E-state index in [4.69, 9.17) is 0 Å². The van der Waals surface area contributed by atoms with Gasteiger partial charge in [0.2, 0.25) is 0 Å². The van der Waals surface area contributed by atoms with Crippen LogP contribution < -0.4 is 0 Å². The van der Waals surface area contributed by atoms with E-state index in [9.17, 15) is 4.79 Å². The fourth-order valence-electron chi connectivity index (χ4n) is 0.941. The molecule has 0 N–H and O–H groups in total. The van der Waals surface area contributed by atoms with E-state index in [1.807, 2.05) is 0 Å². The van der Waals surface area contributed by atoms with Crippen molar-refractivity contribution in [3.8, 4) is 0 Å². The molecule has 0 bridgehead atoms. The molecule has 0 radical (unpaired) electrons. The van der Waals surface area contributed by atoms with E-state index in [-0.39, 0.29) is 0 Å². The lowest BCUT2D eigenvalue weighted by Gasteiger charge is -2.05. The summed E-state index contributed by atoms with van der Waals surface area (Å²) in [6.45, 7) is 4.99. The van der Waals surface area contributed by atoms with E-state index in [1.165, 1.54) is 0 Å². The molecule has 0 aromatic carbocycles. The van der Waals surface area contributed by atoms with Crippen molar-refractivity contribution >= 4 is 6.29 Å². The van der Waals surface area contributed by atoms with Crippen LogP contribution in [0.5, 0.6) is 0 Å². The fraction of sp³-hybridized carbons (Fsp3) is 0.500. The fourth-order valence-corrected chi connectivity index (χ4v) is 0.941. The molecule has 0 saturated carbocycles. The molecule has 0 aliphatic rings. The Hall–Kier alpha value is -1.12. The van der Waals surface area contributed by atoms with Crippen molar-refractivity contribution in [2.45, 2.75) is 20.4 Å². The van der Waals surface area contributed by atoms with Crippen LogP contribution in [0.25, 0.3) is 0 Å². The van der Waals surface area contributed by atoms with Crippen molar-refractivity contribution in [1.29, 1.82) is 0 Å². The molecule has 1 rings (SSSR count). The molecule has 0 unspecified atom stereocenters. The Labute approximate surface area is 66.0 Å². The zero-order chi connectivity index (χ0) is 8.27. The summed E-state index contributed by atoms with van der Waals surface area (Å²) in [4.78, 5) is 10.4. The quantitative estimate of drug-likeness (QED) is 0.613. The highest BCUT2D eigenvalue weighted by molar-refractivity contribution is 5.71. The minimum Gasteiger partial charge on any atom is -0.296 e. The third kappa shape index (κ3) is 1.90. The maximum atomic E-state index is 10.4. The Balaban J connectivity index is 2.76. The van der Waals surface area contributed by atoms with Crippen LogP contribution in [-0.2, 0) is 6.54 Å². The van der Waals surface area contributed by atoms with Crippen LogP contribution in [0.4, 0.5) is 0 Å². The lowest BCUT2D eigenvalue weighted by Crippen LogP contribution is -2.08. The maximum Gasteiger partial charge on any atom is 0.168 e. The van der Waals surface area contributed by atoms with Gasteiger partial charge in [0.1, 0.15) is 5.69 Å². The second-order valence-electron chi connectivity index (χ2n) is 2.95. The Morgan fingerprint density at radius 3 is 3.00 bits per heavy atom. The smallest absolute Gasteiger partial charge is 0.168 e. The van der Waals surface area contributed by atoms with Gasteiger partial charge < -0.3 is 0 Å². The van der Waals surface area contributed by atoms with E-state index < -0.39 is 0 Å². The predicted octanol–water partition coefficient (Wildman–Crippen LogP) is 1.35. The average Bonchev–Trinajstić information content (AvgIpc) is 2.34. The van der Waals surface area contributed by atoms with Crippen molar-refractivity contribution in [3.05, 3.63) is 18.0 Å². The van der Waals surface area contributed by atoms with Gasteiger partial charge in [-0.2, -0.15) is 5.10 Å².